The van der Waals surface area contributed by atoms with E-state index in [-0.39, 0.29) is 29.6 Å². The van der Waals surface area contributed by atoms with Crippen LogP contribution in [0, 0.1) is 5.92 Å². The molecule has 0 aliphatic rings. The molecule has 0 aliphatic heterocycles. The predicted molar refractivity (Wildman–Crippen MR) is 112 cm³/mol. The van der Waals surface area contributed by atoms with Gasteiger partial charge >= 0.3 is 0 Å². The van der Waals surface area contributed by atoms with Crippen molar-refractivity contribution in [1.29, 1.82) is 0 Å². The van der Waals surface area contributed by atoms with Gasteiger partial charge in [-0.15, -0.1) is 0 Å². The molecule has 156 valence electrons. The van der Waals surface area contributed by atoms with Crippen molar-refractivity contribution in [3.8, 4) is 5.75 Å². The number of nitrogens with one attached hydrogen (secondary N) is 2. The van der Waals surface area contributed by atoms with Crippen molar-refractivity contribution in [3.05, 3.63) is 63.6 Å². The smallest absolute Gasteiger partial charge is 0.257 e. The molecule has 0 bridgehead atoms. The zero-order valence-electron chi connectivity index (χ0n) is 17.6. The highest BCUT2D eigenvalue weighted by Crippen LogP contribution is 2.11. The number of carbonyl (C=O) groups excluding carboxylic acids is 2. The number of methoxy groups -OCH3 is 1. The minimum absolute atomic E-state index is 0.0135. The Labute approximate surface area is 171 Å². The van der Waals surface area contributed by atoms with Gasteiger partial charge in [0.05, 0.1) is 7.11 Å². The first-order valence-electron chi connectivity index (χ1n) is 9.68. The number of pyridine rings is 1. The van der Waals surface area contributed by atoms with Gasteiger partial charge in [-0.05, 0) is 37.5 Å². The Kier molecular flexibility index (Phi) is 7.59. The topological polar surface area (TPSA) is 89.4 Å². The summed E-state index contributed by atoms with van der Waals surface area (Å²) in [4.78, 5) is 38.0. The van der Waals surface area contributed by atoms with Gasteiger partial charge in [-0.3, -0.25) is 14.4 Å². The van der Waals surface area contributed by atoms with Crippen molar-refractivity contribution < 1.29 is 14.3 Å². The van der Waals surface area contributed by atoms with Crippen LogP contribution in [0.4, 0.5) is 0 Å². The maximum Gasteiger partial charge on any atom is 0.257 e. The van der Waals surface area contributed by atoms with E-state index in [0.717, 1.165) is 11.3 Å². The van der Waals surface area contributed by atoms with Crippen LogP contribution in [0.2, 0.25) is 0 Å². The van der Waals surface area contributed by atoms with Crippen molar-refractivity contribution in [1.82, 2.24) is 15.2 Å². The molecule has 0 saturated carbocycles. The number of amides is 2. The summed E-state index contributed by atoms with van der Waals surface area (Å²) in [6, 6.07) is 7.25. The Bertz CT molecular complexity index is 915. The fraction of sp³-hybridized carbons (Fsp3) is 0.409. The fourth-order valence-corrected chi connectivity index (χ4v) is 2.63. The molecule has 2 aromatic rings. The maximum atomic E-state index is 12.8. The van der Waals surface area contributed by atoms with Gasteiger partial charge in [0, 0.05) is 31.5 Å². The highest BCUT2D eigenvalue weighted by Gasteiger charge is 2.20. The summed E-state index contributed by atoms with van der Waals surface area (Å²) in [6.07, 6.45) is 3.00. The average Bonchev–Trinajstić information content (AvgIpc) is 2.70. The minimum Gasteiger partial charge on any atom is -0.497 e. The molecule has 1 aromatic heterocycles. The number of carbonyl (C=O) groups is 2. The fourth-order valence-electron chi connectivity index (χ4n) is 2.63. The van der Waals surface area contributed by atoms with E-state index in [0.29, 0.717) is 6.54 Å². The van der Waals surface area contributed by atoms with Crippen LogP contribution in [0.15, 0.2) is 41.5 Å². The van der Waals surface area contributed by atoms with E-state index in [4.69, 9.17) is 4.74 Å². The maximum absolute atomic E-state index is 12.8. The van der Waals surface area contributed by atoms with Gasteiger partial charge in [0.2, 0.25) is 5.43 Å². The van der Waals surface area contributed by atoms with E-state index in [2.05, 4.69) is 10.6 Å². The molecule has 0 aliphatic carbocycles. The molecule has 0 fully saturated rings. The number of nitrogens with zero attached hydrogens (tertiary/aromatic N) is 1. The molecule has 29 heavy (non-hydrogen) atoms. The molecule has 7 heteroatoms. The Morgan fingerprint density at radius 2 is 1.52 bits per heavy atom. The molecule has 2 N–H and O–H groups in total. The molecule has 2 rings (SSSR count). The van der Waals surface area contributed by atoms with E-state index in [1.807, 2.05) is 39.8 Å². The van der Waals surface area contributed by atoms with Crippen molar-refractivity contribution in [2.75, 3.05) is 13.7 Å². The molecule has 1 heterocycles. The van der Waals surface area contributed by atoms with E-state index >= 15 is 0 Å². The zero-order valence-corrected chi connectivity index (χ0v) is 17.6. The second-order valence-electron chi connectivity index (χ2n) is 7.59. The second-order valence-corrected chi connectivity index (χ2v) is 7.59. The number of benzene rings is 1. The van der Waals surface area contributed by atoms with Crippen molar-refractivity contribution in [2.24, 2.45) is 5.92 Å². The summed E-state index contributed by atoms with van der Waals surface area (Å²) >= 11 is 0. The molecule has 0 spiro atoms. The van der Waals surface area contributed by atoms with Gasteiger partial charge in [-0.1, -0.05) is 26.0 Å². The first-order chi connectivity index (χ1) is 13.7. The second kappa shape index (κ2) is 9.91. The quantitative estimate of drug-likeness (QED) is 0.714. The summed E-state index contributed by atoms with van der Waals surface area (Å²) in [5.74, 6) is -0.0103. The van der Waals surface area contributed by atoms with Crippen molar-refractivity contribution in [2.45, 2.75) is 40.3 Å². The number of aromatic nitrogens is 1. The monoisotopic (exact) mass is 399 g/mol. The van der Waals surface area contributed by atoms with Gasteiger partial charge in [-0.25, -0.2) is 0 Å². The molecular formula is C22H29N3O4. The largest absolute Gasteiger partial charge is 0.497 e. The van der Waals surface area contributed by atoms with Gasteiger partial charge in [0.15, 0.2) is 0 Å². The number of ether oxygens (including phenoxy) is 1. The van der Waals surface area contributed by atoms with Crippen LogP contribution in [0.1, 0.15) is 60.0 Å². The Morgan fingerprint density at radius 3 is 2.00 bits per heavy atom. The molecule has 0 saturated heterocycles. The van der Waals surface area contributed by atoms with Crippen molar-refractivity contribution >= 4 is 11.8 Å². The summed E-state index contributed by atoms with van der Waals surface area (Å²) in [7, 11) is 1.58. The number of hydrogen-bond acceptors (Lipinski definition) is 4. The first kappa shape index (κ1) is 22.2. The van der Waals surface area contributed by atoms with Gasteiger partial charge in [-0.2, -0.15) is 0 Å². The molecule has 7 nitrogen and oxygen atoms in total. The minimum atomic E-state index is -0.574. The Balaban J connectivity index is 2.26. The van der Waals surface area contributed by atoms with Crippen LogP contribution < -0.4 is 20.8 Å². The molecule has 0 atom stereocenters. The predicted octanol–water partition coefficient (Wildman–Crippen LogP) is 2.75. The van der Waals surface area contributed by atoms with Gasteiger partial charge in [0.1, 0.15) is 16.9 Å². The lowest BCUT2D eigenvalue weighted by Gasteiger charge is -2.15. The van der Waals surface area contributed by atoms with E-state index in [1.54, 1.807) is 23.8 Å². The van der Waals surface area contributed by atoms with E-state index in [9.17, 15) is 14.4 Å². The van der Waals surface area contributed by atoms with Crippen LogP contribution >= 0.6 is 0 Å². The van der Waals surface area contributed by atoms with Crippen LogP contribution in [0.5, 0.6) is 5.75 Å². The molecule has 1 aromatic carbocycles. The summed E-state index contributed by atoms with van der Waals surface area (Å²) < 4.78 is 6.82. The zero-order chi connectivity index (χ0) is 21.6. The van der Waals surface area contributed by atoms with Gasteiger partial charge < -0.3 is 19.9 Å². The lowest BCUT2D eigenvalue weighted by Crippen LogP contribution is -2.36. The standard InChI is InChI=1S/C22H29N3O4/c1-14(2)10-23-21(27)18-12-25(15(3)4)13-19(20(18)26)22(28)24-11-16-6-8-17(29-5)9-7-16/h6-9,12-15H,10-11H2,1-5H3,(H,23,27)(H,24,28). The molecule has 0 radical (unpaired) electrons. The highest BCUT2D eigenvalue weighted by molar-refractivity contribution is 5.99. The van der Waals surface area contributed by atoms with Crippen LogP contribution in [-0.2, 0) is 6.54 Å². The third kappa shape index (κ3) is 5.94. The van der Waals surface area contributed by atoms with Crippen LogP contribution in [0.3, 0.4) is 0 Å². The lowest BCUT2D eigenvalue weighted by molar-refractivity contribution is 0.0946. The summed E-state index contributed by atoms with van der Waals surface area (Å²) in [5, 5.41) is 5.50. The third-order valence-electron chi connectivity index (χ3n) is 4.41. The van der Waals surface area contributed by atoms with E-state index in [1.165, 1.54) is 12.4 Å². The average molecular weight is 399 g/mol. The third-order valence-corrected chi connectivity index (χ3v) is 4.41. The Hall–Kier alpha value is -3.09. The normalized spacial score (nSPS) is 10.9. The van der Waals surface area contributed by atoms with Gasteiger partial charge in [0.25, 0.3) is 11.8 Å². The first-order valence-corrected chi connectivity index (χ1v) is 9.68. The van der Waals surface area contributed by atoms with E-state index < -0.39 is 17.2 Å². The summed E-state index contributed by atoms with van der Waals surface area (Å²) in [6.45, 7) is 8.48. The number of rotatable bonds is 8. The SMILES string of the molecule is COc1ccc(CNC(=O)c2cn(C(C)C)cc(C(=O)NCC(C)C)c2=O)cc1. The molecular weight excluding hydrogens is 370 g/mol. The van der Waals surface area contributed by atoms with Crippen LogP contribution in [0.25, 0.3) is 0 Å². The summed E-state index contributed by atoms with van der Waals surface area (Å²) in [5.41, 5.74) is 0.213. The number of hydrogen-bond donors (Lipinski definition) is 2. The molecule has 0 unspecified atom stereocenters. The van der Waals surface area contributed by atoms with Crippen LogP contribution in [-0.4, -0.2) is 30.0 Å². The Morgan fingerprint density at radius 1 is 0.966 bits per heavy atom. The molecule has 2 amide bonds. The highest BCUT2D eigenvalue weighted by atomic mass is 16.5. The lowest BCUT2D eigenvalue weighted by atomic mass is 10.1. The van der Waals surface area contributed by atoms with Crippen molar-refractivity contribution in [3.63, 3.8) is 0 Å².